The van der Waals surface area contributed by atoms with Gasteiger partial charge in [-0.05, 0) is 30.7 Å². The van der Waals surface area contributed by atoms with Crippen LogP contribution < -0.4 is 5.32 Å². The molecule has 1 aliphatic rings. The number of rotatable bonds is 1. The molecule has 0 unspecified atom stereocenters. The zero-order chi connectivity index (χ0) is 7.68. The van der Waals surface area contributed by atoms with E-state index in [1.54, 1.807) is 6.20 Å². The van der Waals surface area contributed by atoms with Crippen LogP contribution in [-0.4, -0.2) is 11.5 Å². The summed E-state index contributed by atoms with van der Waals surface area (Å²) < 4.78 is 0. The van der Waals surface area contributed by atoms with Gasteiger partial charge in [-0.1, -0.05) is 11.6 Å². The van der Waals surface area contributed by atoms with E-state index in [0.717, 1.165) is 6.54 Å². The number of pyridine rings is 1. The van der Waals surface area contributed by atoms with E-state index in [2.05, 4.69) is 10.3 Å². The van der Waals surface area contributed by atoms with Crippen LogP contribution in [0.1, 0.15) is 18.0 Å². The van der Waals surface area contributed by atoms with Crippen molar-refractivity contribution in [2.45, 2.75) is 12.5 Å². The Bertz CT molecular complexity index is 258. The lowest BCUT2D eigenvalue weighted by Gasteiger charge is -2.27. The Kier molecular flexibility index (Phi) is 1.80. The number of nitrogens with one attached hydrogen (secondary N) is 1. The number of halogens is 1. The summed E-state index contributed by atoms with van der Waals surface area (Å²) in [6, 6.07) is 4.43. The molecular formula is C8H9ClN2. The zero-order valence-corrected chi connectivity index (χ0v) is 6.80. The van der Waals surface area contributed by atoms with Crippen LogP contribution in [0.2, 0.25) is 5.15 Å². The van der Waals surface area contributed by atoms with E-state index in [9.17, 15) is 0 Å². The van der Waals surface area contributed by atoms with Gasteiger partial charge in [0, 0.05) is 12.2 Å². The van der Waals surface area contributed by atoms with Crippen molar-refractivity contribution < 1.29 is 0 Å². The van der Waals surface area contributed by atoms with Crippen LogP contribution in [0.3, 0.4) is 0 Å². The first-order valence-electron chi connectivity index (χ1n) is 3.71. The molecule has 3 heteroatoms. The zero-order valence-electron chi connectivity index (χ0n) is 6.05. The summed E-state index contributed by atoms with van der Waals surface area (Å²) in [4.78, 5) is 3.92. The molecule has 0 amide bonds. The van der Waals surface area contributed by atoms with Crippen molar-refractivity contribution >= 4 is 11.6 Å². The van der Waals surface area contributed by atoms with Gasteiger partial charge in [0.15, 0.2) is 0 Å². The monoisotopic (exact) mass is 168 g/mol. The lowest BCUT2D eigenvalue weighted by molar-refractivity contribution is 0.383. The lowest BCUT2D eigenvalue weighted by atomic mass is 9.99. The van der Waals surface area contributed by atoms with Gasteiger partial charge < -0.3 is 5.32 Å². The van der Waals surface area contributed by atoms with Crippen molar-refractivity contribution in [2.24, 2.45) is 0 Å². The molecule has 1 N–H and O–H groups in total. The molecule has 0 spiro atoms. The van der Waals surface area contributed by atoms with E-state index in [0.29, 0.717) is 11.2 Å². The molecule has 1 saturated heterocycles. The Morgan fingerprint density at radius 1 is 1.64 bits per heavy atom. The second kappa shape index (κ2) is 2.80. The van der Waals surface area contributed by atoms with Gasteiger partial charge in [0.25, 0.3) is 0 Å². The second-order valence-corrected chi connectivity index (χ2v) is 3.09. The number of hydrogen-bond donors (Lipinski definition) is 1. The van der Waals surface area contributed by atoms with Crippen molar-refractivity contribution in [3.63, 3.8) is 0 Å². The highest BCUT2D eigenvalue weighted by Gasteiger charge is 2.18. The van der Waals surface area contributed by atoms with Gasteiger partial charge in [-0.3, -0.25) is 0 Å². The van der Waals surface area contributed by atoms with Crippen LogP contribution >= 0.6 is 11.6 Å². The smallest absolute Gasteiger partial charge is 0.129 e. The molecule has 58 valence electrons. The third-order valence-corrected chi connectivity index (χ3v) is 2.18. The Morgan fingerprint density at radius 2 is 2.45 bits per heavy atom. The standard InChI is InChI=1S/C8H9ClN2/c9-8-5-6(1-3-11-8)7-2-4-10-7/h1,3,5,7,10H,2,4H2/t7-/m0/s1. The highest BCUT2D eigenvalue weighted by Crippen LogP contribution is 2.23. The molecule has 2 heterocycles. The minimum absolute atomic E-state index is 0.510. The van der Waals surface area contributed by atoms with Gasteiger partial charge >= 0.3 is 0 Å². The van der Waals surface area contributed by atoms with Crippen molar-refractivity contribution in [1.82, 2.24) is 10.3 Å². The van der Waals surface area contributed by atoms with Gasteiger partial charge in [0.1, 0.15) is 5.15 Å². The fourth-order valence-corrected chi connectivity index (χ4v) is 1.39. The maximum Gasteiger partial charge on any atom is 0.129 e. The largest absolute Gasteiger partial charge is 0.310 e. The Labute approximate surface area is 70.6 Å². The Hall–Kier alpha value is -0.600. The fourth-order valence-electron chi connectivity index (χ4n) is 1.21. The van der Waals surface area contributed by atoms with Crippen LogP contribution in [0.4, 0.5) is 0 Å². The molecule has 11 heavy (non-hydrogen) atoms. The summed E-state index contributed by atoms with van der Waals surface area (Å²) in [7, 11) is 0. The summed E-state index contributed by atoms with van der Waals surface area (Å²) in [5, 5.41) is 3.88. The van der Waals surface area contributed by atoms with E-state index in [4.69, 9.17) is 11.6 Å². The first-order chi connectivity index (χ1) is 5.36. The number of aromatic nitrogens is 1. The fraction of sp³-hybridized carbons (Fsp3) is 0.375. The molecule has 2 rings (SSSR count). The van der Waals surface area contributed by atoms with Crippen LogP contribution in [0.15, 0.2) is 18.3 Å². The molecule has 0 aromatic carbocycles. The van der Waals surface area contributed by atoms with Crippen LogP contribution in [0, 0.1) is 0 Å². The van der Waals surface area contributed by atoms with Gasteiger partial charge in [0.2, 0.25) is 0 Å². The van der Waals surface area contributed by atoms with Crippen molar-refractivity contribution in [3.8, 4) is 0 Å². The highest BCUT2D eigenvalue weighted by molar-refractivity contribution is 6.29. The molecule has 1 aromatic heterocycles. The van der Waals surface area contributed by atoms with E-state index >= 15 is 0 Å². The van der Waals surface area contributed by atoms with E-state index in [1.807, 2.05) is 12.1 Å². The average molecular weight is 169 g/mol. The van der Waals surface area contributed by atoms with Gasteiger partial charge in [-0.2, -0.15) is 0 Å². The van der Waals surface area contributed by atoms with E-state index in [-0.39, 0.29) is 0 Å². The first kappa shape index (κ1) is 7.07. The molecule has 1 aliphatic heterocycles. The topological polar surface area (TPSA) is 24.9 Å². The van der Waals surface area contributed by atoms with E-state index < -0.39 is 0 Å². The Morgan fingerprint density at radius 3 is 3.00 bits per heavy atom. The van der Waals surface area contributed by atoms with E-state index in [1.165, 1.54) is 12.0 Å². The lowest BCUT2D eigenvalue weighted by Crippen LogP contribution is -2.34. The molecule has 0 radical (unpaired) electrons. The highest BCUT2D eigenvalue weighted by atomic mass is 35.5. The van der Waals surface area contributed by atoms with Crippen LogP contribution in [0.5, 0.6) is 0 Å². The SMILES string of the molecule is Clc1cc([C@@H]2CCN2)ccn1. The molecule has 0 saturated carbocycles. The quantitative estimate of drug-likeness (QED) is 0.647. The first-order valence-corrected chi connectivity index (χ1v) is 4.09. The van der Waals surface area contributed by atoms with Crippen LogP contribution in [0.25, 0.3) is 0 Å². The predicted octanol–water partition coefficient (Wildman–Crippen LogP) is 1.77. The minimum atomic E-state index is 0.510. The van der Waals surface area contributed by atoms with Gasteiger partial charge in [-0.15, -0.1) is 0 Å². The molecule has 1 aromatic rings. The van der Waals surface area contributed by atoms with Crippen LogP contribution in [-0.2, 0) is 0 Å². The number of nitrogens with zero attached hydrogens (tertiary/aromatic N) is 1. The maximum atomic E-state index is 5.73. The molecule has 1 fully saturated rings. The summed E-state index contributed by atoms with van der Waals surface area (Å²) in [6.07, 6.45) is 2.96. The van der Waals surface area contributed by atoms with Gasteiger partial charge in [0.05, 0.1) is 0 Å². The van der Waals surface area contributed by atoms with Crippen molar-refractivity contribution in [1.29, 1.82) is 0 Å². The van der Waals surface area contributed by atoms with Crippen molar-refractivity contribution in [3.05, 3.63) is 29.0 Å². The molecular weight excluding hydrogens is 160 g/mol. The molecule has 1 atom stereocenters. The summed E-state index contributed by atoms with van der Waals surface area (Å²) in [5.41, 5.74) is 1.25. The molecule has 2 nitrogen and oxygen atoms in total. The maximum absolute atomic E-state index is 5.73. The minimum Gasteiger partial charge on any atom is -0.310 e. The Balaban J connectivity index is 2.23. The molecule has 0 aliphatic carbocycles. The summed E-state index contributed by atoms with van der Waals surface area (Å²) in [6.45, 7) is 1.12. The van der Waals surface area contributed by atoms with Gasteiger partial charge in [-0.25, -0.2) is 4.98 Å². The average Bonchev–Trinajstić information content (AvgIpc) is 1.83. The van der Waals surface area contributed by atoms with Crippen molar-refractivity contribution in [2.75, 3.05) is 6.54 Å². The summed E-state index contributed by atoms with van der Waals surface area (Å²) in [5.74, 6) is 0. The number of hydrogen-bond acceptors (Lipinski definition) is 2. The third-order valence-electron chi connectivity index (χ3n) is 1.98. The molecule has 0 bridgehead atoms. The second-order valence-electron chi connectivity index (χ2n) is 2.71. The third kappa shape index (κ3) is 1.37. The predicted molar refractivity (Wildman–Crippen MR) is 44.6 cm³/mol. The normalized spacial score (nSPS) is 22.8. The summed E-state index contributed by atoms with van der Waals surface area (Å²) >= 11 is 5.73.